The molecule has 3 rings (SSSR count). The van der Waals surface area contributed by atoms with Gasteiger partial charge in [-0.1, -0.05) is 30.3 Å². The van der Waals surface area contributed by atoms with Gasteiger partial charge in [0.2, 0.25) is 0 Å². The fraction of sp³-hybridized carbons (Fsp3) is 0.316. The summed E-state index contributed by atoms with van der Waals surface area (Å²) in [5.74, 6) is -1.47. The van der Waals surface area contributed by atoms with Crippen molar-refractivity contribution in [3.8, 4) is 0 Å². The molecule has 0 radical (unpaired) electrons. The summed E-state index contributed by atoms with van der Waals surface area (Å²) < 4.78 is 33.2. The van der Waals surface area contributed by atoms with Crippen LogP contribution < -0.4 is 5.32 Å². The quantitative estimate of drug-likeness (QED) is 0.841. The number of hydrogen-bond acceptors (Lipinski definition) is 3. The molecule has 4 nitrogen and oxygen atoms in total. The molecule has 0 aromatic heterocycles. The summed E-state index contributed by atoms with van der Waals surface area (Å²) in [5, 5.41) is 11.8. The highest BCUT2D eigenvalue weighted by Gasteiger charge is 2.60. The summed E-state index contributed by atoms with van der Waals surface area (Å²) in [6, 6.07) is 12.4. The van der Waals surface area contributed by atoms with Crippen LogP contribution in [0.25, 0.3) is 0 Å². The Balaban J connectivity index is 1.73. The lowest BCUT2D eigenvalue weighted by atomic mass is 10.0. The third kappa shape index (κ3) is 3.79. The molecule has 1 amide bonds. The van der Waals surface area contributed by atoms with Crippen molar-refractivity contribution in [2.24, 2.45) is 5.92 Å². The van der Waals surface area contributed by atoms with E-state index in [1.165, 1.54) is 0 Å². The molecule has 1 fully saturated rings. The molecule has 1 aliphatic rings. The minimum absolute atomic E-state index is 0.0146. The van der Waals surface area contributed by atoms with Gasteiger partial charge < -0.3 is 15.2 Å². The Bertz CT molecular complexity index is 754. The molecule has 25 heavy (non-hydrogen) atoms. The minimum atomic E-state index is -1.23. The number of aliphatic hydroxyl groups excluding tert-OH is 1. The summed E-state index contributed by atoms with van der Waals surface area (Å²) >= 11 is 0. The SMILES string of the molecule is O=C(NCc1ccccc1)O[C@]1(c2cc(F)ccc2F)C[C@H]1CCO. The average Bonchev–Trinajstić information content (AvgIpc) is 3.29. The number of benzene rings is 2. The molecule has 1 aliphatic carbocycles. The second kappa shape index (κ2) is 7.19. The zero-order valence-corrected chi connectivity index (χ0v) is 13.5. The third-order valence-electron chi connectivity index (χ3n) is 4.47. The molecule has 1 saturated carbocycles. The van der Waals surface area contributed by atoms with Crippen molar-refractivity contribution in [1.29, 1.82) is 0 Å². The second-order valence-corrected chi connectivity index (χ2v) is 6.16. The Labute approximate surface area is 144 Å². The number of carbonyl (C=O) groups is 1. The van der Waals surface area contributed by atoms with Crippen molar-refractivity contribution >= 4 is 6.09 Å². The van der Waals surface area contributed by atoms with Gasteiger partial charge in [0.25, 0.3) is 0 Å². The van der Waals surface area contributed by atoms with Gasteiger partial charge in [-0.05, 0) is 36.6 Å². The number of aliphatic hydroxyl groups is 1. The maximum Gasteiger partial charge on any atom is 0.408 e. The van der Waals surface area contributed by atoms with Gasteiger partial charge in [0, 0.05) is 24.6 Å². The number of hydrogen-bond donors (Lipinski definition) is 2. The predicted molar refractivity (Wildman–Crippen MR) is 87.6 cm³/mol. The molecular weight excluding hydrogens is 328 g/mol. The van der Waals surface area contributed by atoms with Crippen LogP contribution >= 0.6 is 0 Å². The van der Waals surface area contributed by atoms with Crippen LogP contribution in [0.15, 0.2) is 48.5 Å². The van der Waals surface area contributed by atoms with Gasteiger partial charge in [-0.3, -0.25) is 0 Å². The number of alkyl carbamates (subject to hydrolysis) is 1. The average molecular weight is 347 g/mol. The molecular formula is C19H19F2NO3. The van der Waals surface area contributed by atoms with Gasteiger partial charge in [0.05, 0.1) is 0 Å². The molecule has 0 unspecified atom stereocenters. The van der Waals surface area contributed by atoms with Crippen molar-refractivity contribution in [3.63, 3.8) is 0 Å². The van der Waals surface area contributed by atoms with Crippen LogP contribution in [0.1, 0.15) is 24.0 Å². The van der Waals surface area contributed by atoms with E-state index < -0.39 is 23.3 Å². The van der Waals surface area contributed by atoms with Crippen LogP contribution in [0.5, 0.6) is 0 Å². The zero-order chi connectivity index (χ0) is 17.9. The van der Waals surface area contributed by atoms with Crippen molar-refractivity contribution in [2.45, 2.75) is 25.0 Å². The van der Waals surface area contributed by atoms with E-state index in [0.29, 0.717) is 12.8 Å². The van der Waals surface area contributed by atoms with Crippen molar-refractivity contribution in [2.75, 3.05) is 6.61 Å². The molecule has 0 spiro atoms. The fourth-order valence-electron chi connectivity index (χ4n) is 3.10. The van der Waals surface area contributed by atoms with Crippen molar-refractivity contribution in [3.05, 3.63) is 71.3 Å². The van der Waals surface area contributed by atoms with Crippen LogP contribution in [0.3, 0.4) is 0 Å². The molecule has 2 atom stereocenters. The standard InChI is InChI=1S/C19H19F2NO3/c20-15-6-7-17(21)16(10-15)19(11-14(19)8-9-23)25-18(24)22-12-13-4-2-1-3-5-13/h1-7,10,14,23H,8-9,11-12H2,(H,22,24)/t14-,19-/m1/s1. The number of amides is 1. The van der Waals surface area contributed by atoms with Crippen molar-refractivity contribution < 1.29 is 23.4 Å². The summed E-state index contributed by atoms with van der Waals surface area (Å²) in [4.78, 5) is 12.2. The van der Waals surface area contributed by atoms with E-state index in [2.05, 4.69) is 5.32 Å². The minimum Gasteiger partial charge on any atom is -0.438 e. The van der Waals surface area contributed by atoms with Gasteiger partial charge in [0.1, 0.15) is 17.2 Å². The number of ether oxygens (including phenoxy) is 1. The Morgan fingerprint density at radius 2 is 2.00 bits per heavy atom. The lowest BCUT2D eigenvalue weighted by Crippen LogP contribution is -2.30. The Kier molecular flexibility index (Phi) is 4.99. The molecule has 2 aromatic rings. The highest BCUT2D eigenvalue weighted by molar-refractivity contribution is 5.68. The summed E-state index contributed by atoms with van der Waals surface area (Å²) in [6.45, 7) is 0.157. The Morgan fingerprint density at radius 3 is 2.72 bits per heavy atom. The lowest BCUT2D eigenvalue weighted by molar-refractivity contribution is 0.0640. The van der Waals surface area contributed by atoms with E-state index in [1.807, 2.05) is 30.3 Å². The fourth-order valence-corrected chi connectivity index (χ4v) is 3.10. The summed E-state index contributed by atoms with van der Waals surface area (Å²) in [6.07, 6.45) is 0.00202. The maximum atomic E-state index is 14.2. The first-order chi connectivity index (χ1) is 12.0. The Hall–Kier alpha value is -2.47. The first kappa shape index (κ1) is 17.4. The molecule has 0 saturated heterocycles. The van der Waals surface area contributed by atoms with Crippen LogP contribution in [0.4, 0.5) is 13.6 Å². The molecule has 6 heteroatoms. The first-order valence-corrected chi connectivity index (χ1v) is 8.12. The zero-order valence-electron chi connectivity index (χ0n) is 13.5. The highest BCUT2D eigenvalue weighted by Crippen LogP contribution is 2.57. The number of carbonyl (C=O) groups excluding carboxylic acids is 1. The molecule has 2 N–H and O–H groups in total. The first-order valence-electron chi connectivity index (χ1n) is 8.12. The van der Waals surface area contributed by atoms with E-state index in [1.54, 1.807) is 0 Å². The number of halogens is 2. The molecule has 0 bridgehead atoms. The molecule has 132 valence electrons. The van der Waals surface area contributed by atoms with Crippen LogP contribution in [0.2, 0.25) is 0 Å². The van der Waals surface area contributed by atoms with E-state index in [4.69, 9.17) is 9.84 Å². The molecule has 2 aromatic carbocycles. The lowest BCUT2D eigenvalue weighted by Gasteiger charge is -2.20. The van der Waals surface area contributed by atoms with E-state index >= 15 is 0 Å². The third-order valence-corrected chi connectivity index (χ3v) is 4.47. The molecule has 0 aliphatic heterocycles. The normalized spacial score (nSPS) is 21.6. The van der Waals surface area contributed by atoms with E-state index in [-0.39, 0.29) is 24.6 Å². The predicted octanol–water partition coefficient (Wildman–Crippen LogP) is 3.49. The number of nitrogens with one attached hydrogen (secondary N) is 1. The van der Waals surface area contributed by atoms with Crippen LogP contribution in [0, 0.1) is 17.6 Å². The van der Waals surface area contributed by atoms with Crippen LogP contribution in [-0.2, 0) is 16.9 Å². The monoisotopic (exact) mass is 347 g/mol. The largest absolute Gasteiger partial charge is 0.438 e. The summed E-state index contributed by atoms with van der Waals surface area (Å²) in [5.41, 5.74) is -0.315. The topological polar surface area (TPSA) is 58.6 Å². The van der Waals surface area contributed by atoms with Gasteiger partial charge in [-0.2, -0.15) is 0 Å². The van der Waals surface area contributed by atoms with Gasteiger partial charge in [-0.25, -0.2) is 13.6 Å². The number of rotatable bonds is 6. The van der Waals surface area contributed by atoms with E-state index in [9.17, 15) is 13.6 Å². The van der Waals surface area contributed by atoms with Crippen molar-refractivity contribution in [1.82, 2.24) is 5.32 Å². The van der Waals surface area contributed by atoms with E-state index in [0.717, 1.165) is 23.8 Å². The van der Waals surface area contributed by atoms with Gasteiger partial charge in [0.15, 0.2) is 0 Å². The summed E-state index contributed by atoms with van der Waals surface area (Å²) in [7, 11) is 0. The highest BCUT2D eigenvalue weighted by atomic mass is 19.1. The maximum absolute atomic E-state index is 14.2. The van der Waals surface area contributed by atoms with Crippen LogP contribution in [-0.4, -0.2) is 17.8 Å². The van der Waals surface area contributed by atoms with Gasteiger partial charge in [-0.15, -0.1) is 0 Å². The van der Waals surface area contributed by atoms with Gasteiger partial charge >= 0.3 is 6.09 Å². The second-order valence-electron chi connectivity index (χ2n) is 6.16. The smallest absolute Gasteiger partial charge is 0.408 e. The molecule has 0 heterocycles. The Morgan fingerprint density at radius 1 is 1.24 bits per heavy atom.